The van der Waals surface area contributed by atoms with Crippen LogP contribution in [0.2, 0.25) is 0 Å². The van der Waals surface area contributed by atoms with Crippen LogP contribution in [-0.4, -0.2) is 62.8 Å². The monoisotopic (exact) mass is 702 g/mol. The third kappa shape index (κ3) is 27.2. The number of rotatable bonds is 29. The molecule has 0 aromatic carbocycles. The van der Waals surface area contributed by atoms with Crippen LogP contribution in [0.15, 0.2) is 0 Å². The van der Waals surface area contributed by atoms with Gasteiger partial charge in [0.05, 0.1) is 13.2 Å². The first-order valence-corrected chi connectivity index (χ1v) is 20.0. The summed E-state index contributed by atoms with van der Waals surface area (Å²) in [6.07, 6.45) is 21.5. The second-order valence-electron chi connectivity index (χ2n) is 15.2. The largest absolute Gasteiger partial charge is 0.465 e. The lowest BCUT2D eigenvalue weighted by Crippen LogP contribution is -2.25. The van der Waals surface area contributed by atoms with Crippen LogP contribution >= 0.6 is 0 Å². The minimum atomic E-state index is -0.855. The highest BCUT2D eigenvalue weighted by Gasteiger charge is 2.27. The van der Waals surface area contributed by atoms with Crippen molar-refractivity contribution in [3.05, 3.63) is 0 Å². The summed E-state index contributed by atoms with van der Waals surface area (Å²) in [6.45, 7) is 13.4. The van der Waals surface area contributed by atoms with Crippen LogP contribution in [0.5, 0.6) is 0 Å². The second kappa shape index (κ2) is 30.1. The Kier molecular flexibility index (Phi) is 28.6. The molecule has 0 amide bonds. The molecule has 0 saturated heterocycles. The third-order valence-corrected chi connectivity index (χ3v) is 8.72. The van der Waals surface area contributed by atoms with Gasteiger partial charge in [-0.3, -0.25) is 14.4 Å². The van der Waals surface area contributed by atoms with Crippen LogP contribution in [0.4, 0.5) is 0 Å². The lowest BCUT2D eigenvalue weighted by Gasteiger charge is -2.18. The Balaban J connectivity index is 4.77. The van der Waals surface area contributed by atoms with Gasteiger partial charge in [-0.15, -0.1) is 11.8 Å². The number of unbranched alkanes of at least 4 members (excludes halogenated alkanes) is 14. The van der Waals surface area contributed by atoms with E-state index < -0.39 is 10.8 Å². The maximum Gasteiger partial charge on any atom is 0.323 e. The van der Waals surface area contributed by atoms with E-state index in [9.17, 15) is 14.4 Å². The van der Waals surface area contributed by atoms with Crippen molar-refractivity contribution in [3.63, 3.8) is 0 Å². The number of hydrogen-bond acceptors (Lipinski definition) is 7. The molecule has 0 heterocycles. The van der Waals surface area contributed by atoms with Gasteiger partial charge in [0.1, 0.15) is 16.9 Å². The first kappa shape index (κ1) is 47.5. The SMILES string of the molecule is CCCCCCCCCOC(=O)C(C)(C)C#CCCCC(CCCC#CC(C)(C)C(=O)OCCCCCCCCC)OC(=O)CCCN(C)C. The molecule has 0 aliphatic heterocycles. The number of esters is 3. The van der Waals surface area contributed by atoms with E-state index in [1.165, 1.54) is 64.2 Å². The van der Waals surface area contributed by atoms with E-state index in [0.29, 0.717) is 45.3 Å². The Hall–Kier alpha value is -2.51. The maximum absolute atomic E-state index is 12.6. The van der Waals surface area contributed by atoms with Gasteiger partial charge in [0.2, 0.25) is 0 Å². The number of carbonyl (C=O) groups excluding carboxylic acids is 3. The minimum absolute atomic E-state index is 0.177. The van der Waals surface area contributed by atoms with Crippen molar-refractivity contribution in [1.82, 2.24) is 4.90 Å². The molecular formula is C43H75NO6. The lowest BCUT2D eigenvalue weighted by molar-refractivity contribution is -0.151. The van der Waals surface area contributed by atoms with E-state index in [1.54, 1.807) is 0 Å². The molecule has 0 aliphatic carbocycles. The lowest BCUT2D eigenvalue weighted by atomic mass is 9.94. The number of carbonyl (C=O) groups is 3. The Morgan fingerprint density at radius 3 is 1.38 bits per heavy atom. The smallest absolute Gasteiger partial charge is 0.323 e. The Bertz CT molecular complexity index is 957. The Morgan fingerprint density at radius 2 is 0.980 bits per heavy atom. The first-order chi connectivity index (χ1) is 23.9. The summed E-state index contributed by atoms with van der Waals surface area (Å²) in [6, 6.07) is 0. The van der Waals surface area contributed by atoms with Crippen molar-refractivity contribution in [2.75, 3.05) is 33.9 Å². The zero-order chi connectivity index (χ0) is 37.5. The van der Waals surface area contributed by atoms with Crippen molar-refractivity contribution in [3.8, 4) is 23.7 Å². The van der Waals surface area contributed by atoms with Gasteiger partial charge in [-0.25, -0.2) is 0 Å². The predicted octanol–water partition coefficient (Wildman–Crippen LogP) is 10.2. The minimum Gasteiger partial charge on any atom is -0.465 e. The van der Waals surface area contributed by atoms with Crippen LogP contribution in [0.1, 0.15) is 183 Å². The van der Waals surface area contributed by atoms with Crippen LogP contribution in [-0.2, 0) is 28.6 Å². The predicted molar refractivity (Wildman–Crippen MR) is 206 cm³/mol. The van der Waals surface area contributed by atoms with Crippen LogP contribution in [0, 0.1) is 34.5 Å². The average molecular weight is 702 g/mol. The fourth-order valence-electron chi connectivity index (χ4n) is 5.36. The van der Waals surface area contributed by atoms with Crippen LogP contribution < -0.4 is 0 Å². The van der Waals surface area contributed by atoms with Gasteiger partial charge in [0.25, 0.3) is 0 Å². The molecule has 0 aromatic heterocycles. The maximum atomic E-state index is 12.6. The van der Waals surface area contributed by atoms with Gasteiger partial charge in [-0.2, -0.15) is 0 Å². The van der Waals surface area contributed by atoms with E-state index in [2.05, 4.69) is 42.4 Å². The molecule has 7 heteroatoms. The van der Waals surface area contributed by atoms with Crippen LogP contribution in [0.25, 0.3) is 0 Å². The molecular weight excluding hydrogens is 626 g/mol. The zero-order valence-electron chi connectivity index (χ0n) is 33.7. The molecule has 0 spiro atoms. The van der Waals surface area contributed by atoms with Gasteiger partial charge in [-0.05, 0) is 93.3 Å². The van der Waals surface area contributed by atoms with Gasteiger partial charge in [-0.1, -0.05) is 103 Å². The van der Waals surface area contributed by atoms with E-state index in [0.717, 1.165) is 51.5 Å². The summed E-state index contributed by atoms with van der Waals surface area (Å²) >= 11 is 0. The molecule has 0 aromatic rings. The van der Waals surface area contributed by atoms with Gasteiger partial charge >= 0.3 is 17.9 Å². The van der Waals surface area contributed by atoms with E-state index in [1.807, 2.05) is 41.8 Å². The van der Waals surface area contributed by atoms with Gasteiger partial charge in [0.15, 0.2) is 0 Å². The van der Waals surface area contributed by atoms with Gasteiger partial charge in [0, 0.05) is 19.3 Å². The molecule has 0 fully saturated rings. The molecule has 50 heavy (non-hydrogen) atoms. The number of hydrogen-bond donors (Lipinski definition) is 0. The molecule has 0 atom stereocenters. The fraction of sp³-hybridized carbons (Fsp3) is 0.837. The highest BCUT2D eigenvalue weighted by Crippen LogP contribution is 2.19. The third-order valence-electron chi connectivity index (χ3n) is 8.72. The van der Waals surface area contributed by atoms with Crippen molar-refractivity contribution >= 4 is 17.9 Å². The Morgan fingerprint density at radius 1 is 0.580 bits per heavy atom. The van der Waals surface area contributed by atoms with Crippen molar-refractivity contribution in [2.45, 2.75) is 189 Å². The standard InChI is InChI=1S/C43H75NO6/c1-9-11-13-15-17-19-27-36-48-40(46)42(3,4)33-25-21-23-30-38(50-39(45)32-29-35-44(7)8)31-24-22-26-34-43(5,6)41(47)49-37-28-20-18-16-14-12-10-2/h38H,9-24,27-32,35-37H2,1-8H3. The summed E-state index contributed by atoms with van der Waals surface area (Å²) in [5, 5.41) is 0. The van der Waals surface area contributed by atoms with E-state index >= 15 is 0 Å². The topological polar surface area (TPSA) is 82.1 Å². The number of nitrogens with zero attached hydrogens (tertiary/aromatic N) is 1. The van der Waals surface area contributed by atoms with E-state index in [-0.39, 0.29) is 24.0 Å². The molecule has 0 bridgehead atoms. The molecule has 0 rings (SSSR count). The van der Waals surface area contributed by atoms with Gasteiger partial charge < -0.3 is 19.1 Å². The quantitative estimate of drug-likeness (QED) is 0.0332. The first-order valence-electron chi connectivity index (χ1n) is 20.0. The summed E-state index contributed by atoms with van der Waals surface area (Å²) in [4.78, 5) is 39.9. The van der Waals surface area contributed by atoms with Crippen LogP contribution in [0.3, 0.4) is 0 Å². The zero-order valence-corrected chi connectivity index (χ0v) is 33.7. The molecule has 0 N–H and O–H groups in total. The summed E-state index contributed by atoms with van der Waals surface area (Å²) < 4.78 is 16.9. The van der Waals surface area contributed by atoms with E-state index in [4.69, 9.17) is 14.2 Å². The summed E-state index contributed by atoms with van der Waals surface area (Å²) in [5.74, 6) is 11.8. The molecule has 0 radical (unpaired) electrons. The average Bonchev–Trinajstić information content (AvgIpc) is 3.06. The Labute approximate surface area is 308 Å². The normalized spacial score (nSPS) is 11.5. The number of ether oxygens (including phenoxy) is 3. The second-order valence-corrected chi connectivity index (χ2v) is 15.2. The molecule has 0 unspecified atom stereocenters. The van der Waals surface area contributed by atoms with Crippen molar-refractivity contribution in [1.29, 1.82) is 0 Å². The molecule has 7 nitrogen and oxygen atoms in total. The highest BCUT2D eigenvalue weighted by molar-refractivity contribution is 5.80. The fourth-order valence-corrected chi connectivity index (χ4v) is 5.36. The summed E-state index contributed by atoms with van der Waals surface area (Å²) in [7, 11) is 3.98. The summed E-state index contributed by atoms with van der Waals surface area (Å²) in [5.41, 5.74) is -1.71. The van der Waals surface area contributed by atoms with Crippen molar-refractivity contribution < 1.29 is 28.6 Å². The van der Waals surface area contributed by atoms with Crippen molar-refractivity contribution in [2.24, 2.45) is 10.8 Å². The molecule has 0 saturated carbocycles. The molecule has 288 valence electrons. The highest BCUT2D eigenvalue weighted by atomic mass is 16.5. The molecule has 0 aliphatic rings.